The maximum atomic E-state index is 12.8. The van der Waals surface area contributed by atoms with E-state index in [1.807, 2.05) is 31.0 Å². The fourth-order valence-corrected chi connectivity index (χ4v) is 3.63. The predicted octanol–water partition coefficient (Wildman–Crippen LogP) is 2.79. The number of hydrogen-bond acceptors (Lipinski definition) is 4. The van der Waals surface area contributed by atoms with Crippen LogP contribution in [0.15, 0.2) is 30.7 Å². The van der Waals surface area contributed by atoms with Crippen LogP contribution in [0.3, 0.4) is 0 Å². The number of hydrogen-bond donors (Lipinski definition) is 2. The average molecular weight is 323 g/mol. The molecular weight excluding hydrogens is 302 g/mol. The number of rotatable bonds is 2. The van der Waals surface area contributed by atoms with E-state index < -0.39 is 0 Å². The first-order valence-corrected chi connectivity index (χ1v) is 8.34. The number of aromatic nitrogens is 3. The smallest absolute Gasteiger partial charge is 0.271 e. The third kappa shape index (κ3) is 2.21. The number of amides is 1. The number of carbonyl (C=O) groups is 1. The lowest BCUT2D eigenvalue weighted by molar-refractivity contribution is 0.0704. The van der Waals surface area contributed by atoms with Crippen LogP contribution < -0.4 is 5.32 Å². The monoisotopic (exact) mass is 323 g/mol. The molecular formula is C18H21N5O. The zero-order valence-corrected chi connectivity index (χ0v) is 14.1. The summed E-state index contributed by atoms with van der Waals surface area (Å²) in [5.41, 5.74) is 3.55. The van der Waals surface area contributed by atoms with E-state index in [0.717, 1.165) is 29.2 Å². The summed E-state index contributed by atoms with van der Waals surface area (Å²) in [6, 6.07) is 2.13. The van der Waals surface area contributed by atoms with Crippen molar-refractivity contribution in [2.45, 2.75) is 38.8 Å². The van der Waals surface area contributed by atoms with Gasteiger partial charge in [0.25, 0.3) is 5.91 Å². The Balaban J connectivity index is 1.67. The molecule has 4 rings (SSSR count). The Bertz CT molecular complexity index is 813. The van der Waals surface area contributed by atoms with Crippen LogP contribution in [0.5, 0.6) is 0 Å². The van der Waals surface area contributed by atoms with Crippen LogP contribution in [0.4, 0.5) is 5.82 Å². The van der Waals surface area contributed by atoms with Crippen LogP contribution in [0.25, 0.3) is 11.3 Å². The summed E-state index contributed by atoms with van der Waals surface area (Å²) in [5, 5.41) is 3.30. The summed E-state index contributed by atoms with van der Waals surface area (Å²) in [6.07, 6.45) is 7.57. The summed E-state index contributed by atoms with van der Waals surface area (Å²) in [4.78, 5) is 26.6. The SMILES string of the molecule is CC1CNc2ncnc(-c3c[nH]c(C(=O)N4C(C)C=CC4C)c3)c21. The Labute approximate surface area is 141 Å². The third-order valence-corrected chi connectivity index (χ3v) is 4.92. The minimum atomic E-state index is 0.0168. The molecule has 0 saturated heterocycles. The zero-order valence-electron chi connectivity index (χ0n) is 14.1. The van der Waals surface area contributed by atoms with Crippen molar-refractivity contribution in [1.82, 2.24) is 19.9 Å². The molecule has 6 heteroatoms. The molecule has 0 spiro atoms. The molecule has 4 heterocycles. The summed E-state index contributed by atoms with van der Waals surface area (Å²) < 4.78 is 0. The second kappa shape index (κ2) is 5.47. The lowest BCUT2D eigenvalue weighted by atomic mass is 10.0. The van der Waals surface area contributed by atoms with Crippen LogP contribution in [-0.4, -0.2) is 44.4 Å². The van der Waals surface area contributed by atoms with E-state index in [4.69, 9.17) is 0 Å². The topological polar surface area (TPSA) is 73.9 Å². The van der Waals surface area contributed by atoms with Gasteiger partial charge in [0, 0.05) is 41.9 Å². The van der Waals surface area contributed by atoms with E-state index in [1.54, 1.807) is 6.33 Å². The molecule has 0 bridgehead atoms. The first-order valence-electron chi connectivity index (χ1n) is 8.34. The van der Waals surface area contributed by atoms with E-state index in [1.165, 1.54) is 0 Å². The molecule has 0 aliphatic carbocycles. The van der Waals surface area contributed by atoms with Gasteiger partial charge in [-0.2, -0.15) is 0 Å². The molecule has 6 nitrogen and oxygen atoms in total. The number of carbonyl (C=O) groups excluding carboxylic acids is 1. The van der Waals surface area contributed by atoms with Crippen LogP contribution in [-0.2, 0) is 0 Å². The Hall–Kier alpha value is -2.63. The van der Waals surface area contributed by atoms with Crippen LogP contribution in [0.1, 0.15) is 42.7 Å². The van der Waals surface area contributed by atoms with Crippen molar-refractivity contribution in [2.75, 3.05) is 11.9 Å². The zero-order chi connectivity index (χ0) is 16.8. The molecule has 24 heavy (non-hydrogen) atoms. The molecule has 0 radical (unpaired) electrons. The predicted molar refractivity (Wildman–Crippen MR) is 93.0 cm³/mol. The van der Waals surface area contributed by atoms with E-state index >= 15 is 0 Å². The molecule has 124 valence electrons. The van der Waals surface area contributed by atoms with E-state index in [0.29, 0.717) is 11.6 Å². The van der Waals surface area contributed by atoms with Gasteiger partial charge in [0.15, 0.2) is 0 Å². The minimum Gasteiger partial charge on any atom is -0.369 e. The van der Waals surface area contributed by atoms with Crippen molar-refractivity contribution >= 4 is 11.7 Å². The molecule has 2 N–H and O–H groups in total. The fraction of sp³-hybridized carbons (Fsp3) is 0.389. The maximum absolute atomic E-state index is 12.8. The third-order valence-electron chi connectivity index (χ3n) is 4.92. The molecule has 0 fully saturated rings. The molecule has 2 aliphatic heterocycles. The van der Waals surface area contributed by atoms with Crippen molar-refractivity contribution in [3.05, 3.63) is 42.0 Å². The largest absolute Gasteiger partial charge is 0.369 e. The number of fused-ring (bicyclic) bond motifs is 1. The number of nitrogens with one attached hydrogen (secondary N) is 2. The van der Waals surface area contributed by atoms with Gasteiger partial charge in [-0.3, -0.25) is 4.79 Å². The highest BCUT2D eigenvalue weighted by Gasteiger charge is 2.30. The lowest BCUT2D eigenvalue weighted by Gasteiger charge is -2.25. The highest BCUT2D eigenvalue weighted by atomic mass is 16.2. The van der Waals surface area contributed by atoms with Crippen molar-refractivity contribution in [1.29, 1.82) is 0 Å². The minimum absolute atomic E-state index is 0.0168. The second-order valence-electron chi connectivity index (χ2n) is 6.65. The quantitative estimate of drug-likeness (QED) is 0.834. The Morgan fingerprint density at radius 1 is 1.21 bits per heavy atom. The van der Waals surface area contributed by atoms with Gasteiger partial charge in [0.05, 0.1) is 5.69 Å². The number of H-pyrrole nitrogens is 1. The highest BCUT2D eigenvalue weighted by Crippen LogP contribution is 2.36. The maximum Gasteiger partial charge on any atom is 0.271 e. The van der Waals surface area contributed by atoms with Gasteiger partial charge in [-0.15, -0.1) is 0 Å². The van der Waals surface area contributed by atoms with Gasteiger partial charge in [0.1, 0.15) is 17.8 Å². The summed E-state index contributed by atoms with van der Waals surface area (Å²) in [5.74, 6) is 1.27. The Kier molecular flexibility index (Phi) is 3.40. The van der Waals surface area contributed by atoms with E-state index in [2.05, 4.69) is 39.3 Å². The van der Waals surface area contributed by atoms with Crippen molar-refractivity contribution in [3.8, 4) is 11.3 Å². The van der Waals surface area contributed by atoms with Gasteiger partial charge >= 0.3 is 0 Å². The van der Waals surface area contributed by atoms with Crippen molar-refractivity contribution < 1.29 is 4.79 Å². The summed E-state index contributed by atoms with van der Waals surface area (Å²) in [7, 11) is 0. The van der Waals surface area contributed by atoms with Crippen molar-refractivity contribution in [2.24, 2.45) is 0 Å². The van der Waals surface area contributed by atoms with Gasteiger partial charge < -0.3 is 15.2 Å². The Morgan fingerprint density at radius 3 is 2.71 bits per heavy atom. The first-order chi connectivity index (χ1) is 11.6. The first kappa shape index (κ1) is 14.9. The molecule has 3 unspecified atom stereocenters. The lowest BCUT2D eigenvalue weighted by Crippen LogP contribution is -2.39. The summed E-state index contributed by atoms with van der Waals surface area (Å²) in [6.45, 7) is 7.09. The number of aromatic amines is 1. The number of anilines is 1. The van der Waals surface area contributed by atoms with Gasteiger partial charge in [-0.25, -0.2) is 9.97 Å². The molecule has 2 aromatic rings. The highest BCUT2D eigenvalue weighted by molar-refractivity contribution is 5.95. The summed E-state index contributed by atoms with van der Waals surface area (Å²) >= 11 is 0. The molecule has 0 saturated carbocycles. The second-order valence-corrected chi connectivity index (χ2v) is 6.65. The standard InChI is InChI=1S/C18H21N5O/c1-10-7-20-17-15(10)16(21-9-22-17)13-6-14(19-8-13)18(24)23-11(2)4-5-12(23)3/h4-6,8-12,19H,7H2,1-3H3,(H,20,21,22). The molecule has 2 aromatic heterocycles. The van der Waals surface area contributed by atoms with Gasteiger partial charge in [0.2, 0.25) is 0 Å². The molecule has 3 atom stereocenters. The molecule has 2 aliphatic rings. The number of nitrogens with zero attached hydrogens (tertiary/aromatic N) is 3. The van der Waals surface area contributed by atoms with Gasteiger partial charge in [-0.05, 0) is 19.9 Å². The Morgan fingerprint density at radius 2 is 1.96 bits per heavy atom. The van der Waals surface area contributed by atoms with Crippen LogP contribution in [0, 0.1) is 0 Å². The normalized spacial score (nSPS) is 25.0. The van der Waals surface area contributed by atoms with Crippen molar-refractivity contribution in [3.63, 3.8) is 0 Å². The average Bonchev–Trinajstić information content (AvgIpc) is 3.27. The van der Waals surface area contributed by atoms with E-state index in [9.17, 15) is 4.79 Å². The van der Waals surface area contributed by atoms with Crippen LogP contribution in [0.2, 0.25) is 0 Å². The van der Waals surface area contributed by atoms with E-state index in [-0.39, 0.29) is 18.0 Å². The van der Waals surface area contributed by atoms with Gasteiger partial charge in [-0.1, -0.05) is 19.1 Å². The fourth-order valence-electron chi connectivity index (χ4n) is 3.63. The molecule has 1 amide bonds. The molecule has 0 aromatic carbocycles. The van der Waals surface area contributed by atoms with Crippen LogP contribution >= 0.6 is 0 Å².